The predicted octanol–water partition coefficient (Wildman–Crippen LogP) is 2.27. The molecule has 131 valence electrons. The Kier molecular flexibility index (Phi) is 4.70. The van der Waals surface area contributed by atoms with Gasteiger partial charge in [0.2, 0.25) is 5.69 Å². The summed E-state index contributed by atoms with van der Waals surface area (Å²) in [6, 6.07) is 0. The maximum Gasteiger partial charge on any atom is 0.491 e. The van der Waals surface area contributed by atoms with Gasteiger partial charge in [-0.1, -0.05) is 0 Å². The Bertz CT molecular complexity index is 656. The molecular formula is C16H24N4O4+. The van der Waals surface area contributed by atoms with E-state index in [0.29, 0.717) is 18.5 Å². The molecule has 1 aromatic rings. The average molecular weight is 336 g/mol. The van der Waals surface area contributed by atoms with Gasteiger partial charge in [-0.25, -0.2) is 0 Å². The van der Waals surface area contributed by atoms with Crippen LogP contribution in [0.25, 0.3) is 4.85 Å². The van der Waals surface area contributed by atoms with Crippen molar-refractivity contribution in [3.63, 3.8) is 0 Å². The van der Waals surface area contributed by atoms with Crippen molar-refractivity contribution in [3.05, 3.63) is 17.1 Å². The molecule has 1 atom stereocenters. The topological polar surface area (TPSA) is 83.7 Å². The summed E-state index contributed by atoms with van der Waals surface area (Å²) in [5.74, 6) is -0.552. The van der Waals surface area contributed by atoms with Crippen LogP contribution in [-0.2, 0) is 21.8 Å². The number of esters is 1. The molecule has 1 saturated heterocycles. The monoisotopic (exact) mass is 336 g/mol. The molecule has 2 heterocycles. The Morgan fingerprint density at radius 1 is 1.42 bits per heavy atom. The molecule has 0 bridgehead atoms. The summed E-state index contributed by atoms with van der Waals surface area (Å²) in [5, 5.41) is 17.2. The standard InChI is InChI=1S/C16H24N4O4/c1-10(12-13(17-6)19(7)24-18-12)23-14(21)11-8-15(2,3)20(22)16(4,5)9-11/h10-11H,8-9H2,1-5,7H3/q+1. The van der Waals surface area contributed by atoms with Crippen molar-refractivity contribution in [2.24, 2.45) is 13.0 Å². The zero-order valence-corrected chi connectivity index (χ0v) is 15.0. The number of nitrogens with zero attached hydrogens (tertiary/aromatic N) is 4. The predicted molar refractivity (Wildman–Crippen MR) is 81.9 cm³/mol. The SMILES string of the molecule is [C-]#[N+]c1c(C(C)OC(=O)C2CC(C)(C)N([O])C(C)(C)C2)no[n+]1C. The molecule has 0 N–H and O–H groups in total. The lowest BCUT2D eigenvalue weighted by atomic mass is 9.75. The molecule has 1 fully saturated rings. The number of carbonyl (C=O) groups excluding carboxylic acids is 1. The zero-order valence-electron chi connectivity index (χ0n) is 15.0. The number of aromatic nitrogens is 2. The normalized spacial score (nSPS) is 21.9. The number of ether oxygens (including phenoxy) is 1. The zero-order chi connectivity index (χ0) is 18.3. The fourth-order valence-corrected chi connectivity index (χ4v) is 3.49. The second-order valence-electron chi connectivity index (χ2n) is 7.59. The third-order valence-corrected chi connectivity index (χ3v) is 4.50. The van der Waals surface area contributed by atoms with Crippen LogP contribution in [0.3, 0.4) is 0 Å². The highest BCUT2D eigenvalue weighted by molar-refractivity contribution is 5.73. The second kappa shape index (κ2) is 6.15. The third-order valence-electron chi connectivity index (χ3n) is 4.50. The van der Waals surface area contributed by atoms with Crippen LogP contribution < -0.4 is 4.74 Å². The number of aryl methyl sites for hydroxylation is 1. The summed E-state index contributed by atoms with van der Waals surface area (Å²) < 4.78 is 11.7. The molecular weight excluding hydrogens is 312 g/mol. The molecule has 0 spiro atoms. The molecule has 1 radical (unpaired) electrons. The van der Waals surface area contributed by atoms with Crippen LogP contribution >= 0.6 is 0 Å². The van der Waals surface area contributed by atoms with E-state index >= 15 is 0 Å². The van der Waals surface area contributed by atoms with E-state index in [4.69, 9.17) is 15.9 Å². The van der Waals surface area contributed by atoms with Gasteiger partial charge >= 0.3 is 11.8 Å². The van der Waals surface area contributed by atoms with Crippen molar-refractivity contribution in [2.45, 2.75) is 64.6 Å². The maximum absolute atomic E-state index is 12.6. The van der Waals surface area contributed by atoms with Gasteiger partial charge in [-0.15, -0.1) is 14.9 Å². The molecule has 0 aromatic carbocycles. The van der Waals surface area contributed by atoms with Gasteiger partial charge in [0, 0.05) is 15.8 Å². The second-order valence-corrected chi connectivity index (χ2v) is 7.59. The van der Waals surface area contributed by atoms with Crippen molar-refractivity contribution >= 4 is 11.8 Å². The van der Waals surface area contributed by atoms with E-state index in [0.717, 1.165) is 5.06 Å². The molecule has 24 heavy (non-hydrogen) atoms. The molecule has 0 amide bonds. The van der Waals surface area contributed by atoms with E-state index in [1.807, 2.05) is 27.7 Å². The molecule has 1 aliphatic heterocycles. The summed E-state index contributed by atoms with van der Waals surface area (Å²) >= 11 is 0. The van der Waals surface area contributed by atoms with Gasteiger partial charge in [0.1, 0.15) is 12.7 Å². The van der Waals surface area contributed by atoms with Crippen LogP contribution in [0.1, 0.15) is 59.3 Å². The van der Waals surface area contributed by atoms with Crippen molar-refractivity contribution in [1.82, 2.24) is 10.2 Å². The number of hydroxylamine groups is 2. The summed E-state index contributed by atoms with van der Waals surface area (Å²) in [6.45, 7) is 16.2. The summed E-state index contributed by atoms with van der Waals surface area (Å²) in [7, 11) is 1.56. The van der Waals surface area contributed by atoms with E-state index < -0.39 is 17.2 Å². The maximum atomic E-state index is 12.6. The Balaban J connectivity index is 2.14. The number of hydrogen-bond acceptors (Lipinski definition) is 5. The Morgan fingerprint density at radius 2 is 1.96 bits per heavy atom. The molecule has 0 aliphatic carbocycles. The van der Waals surface area contributed by atoms with Crippen LogP contribution in [0.2, 0.25) is 0 Å². The Morgan fingerprint density at radius 3 is 2.46 bits per heavy atom. The van der Waals surface area contributed by atoms with E-state index in [2.05, 4.69) is 10.0 Å². The van der Waals surface area contributed by atoms with E-state index in [9.17, 15) is 10.0 Å². The minimum atomic E-state index is -0.692. The first kappa shape index (κ1) is 18.4. The minimum Gasteiger partial charge on any atom is -0.457 e. The van der Waals surface area contributed by atoms with Crippen molar-refractivity contribution in [1.29, 1.82) is 0 Å². The highest BCUT2D eigenvalue weighted by Crippen LogP contribution is 2.41. The lowest BCUT2D eigenvalue weighted by molar-refractivity contribution is -0.842. The van der Waals surface area contributed by atoms with Gasteiger partial charge < -0.3 is 4.74 Å². The van der Waals surface area contributed by atoms with Crippen LogP contribution in [0.15, 0.2) is 4.63 Å². The minimum absolute atomic E-state index is 0.199. The van der Waals surface area contributed by atoms with Crippen molar-refractivity contribution in [2.75, 3.05) is 0 Å². The Labute approximate surface area is 141 Å². The number of carbonyl (C=O) groups is 1. The molecule has 1 aliphatic rings. The lowest BCUT2D eigenvalue weighted by Gasteiger charge is -2.49. The first-order valence-electron chi connectivity index (χ1n) is 7.91. The molecule has 8 nitrogen and oxygen atoms in total. The fraction of sp³-hybridized carbons (Fsp3) is 0.750. The molecule has 8 heteroatoms. The Hall–Kier alpha value is -1.98. The molecule has 1 aromatic heterocycles. The van der Waals surface area contributed by atoms with Gasteiger partial charge in [-0.2, -0.15) is 4.85 Å². The van der Waals surface area contributed by atoms with Gasteiger partial charge in [-0.05, 0) is 52.6 Å². The van der Waals surface area contributed by atoms with E-state index in [1.165, 1.54) is 4.74 Å². The molecule has 1 unspecified atom stereocenters. The average Bonchev–Trinajstić information content (AvgIpc) is 2.84. The first-order valence-corrected chi connectivity index (χ1v) is 7.91. The van der Waals surface area contributed by atoms with Crippen LogP contribution in [0.5, 0.6) is 0 Å². The number of hydrogen-bond donors (Lipinski definition) is 0. The highest BCUT2D eigenvalue weighted by atomic mass is 16.6. The quantitative estimate of drug-likeness (QED) is 0.480. The number of piperidine rings is 1. The van der Waals surface area contributed by atoms with Crippen molar-refractivity contribution in [3.8, 4) is 0 Å². The highest BCUT2D eigenvalue weighted by Gasteiger charge is 2.49. The first-order chi connectivity index (χ1) is 11.0. The van der Waals surface area contributed by atoms with Crippen LogP contribution in [0, 0.1) is 12.5 Å². The summed E-state index contributed by atoms with van der Waals surface area (Å²) in [6.07, 6.45) is 0.157. The summed E-state index contributed by atoms with van der Waals surface area (Å²) in [4.78, 5) is 15.9. The van der Waals surface area contributed by atoms with Gasteiger partial charge in [-0.3, -0.25) is 4.79 Å². The van der Waals surface area contributed by atoms with Gasteiger partial charge in [0.15, 0.2) is 7.05 Å². The molecule has 0 saturated carbocycles. The fourth-order valence-electron chi connectivity index (χ4n) is 3.49. The van der Waals surface area contributed by atoms with E-state index in [1.54, 1.807) is 14.0 Å². The van der Waals surface area contributed by atoms with E-state index in [-0.39, 0.29) is 17.7 Å². The van der Waals surface area contributed by atoms with Crippen LogP contribution in [0.4, 0.5) is 5.82 Å². The van der Waals surface area contributed by atoms with Gasteiger partial charge in [0.25, 0.3) is 0 Å². The lowest BCUT2D eigenvalue weighted by Crippen LogP contribution is -2.59. The van der Waals surface area contributed by atoms with Gasteiger partial charge in [0.05, 0.1) is 5.92 Å². The largest absolute Gasteiger partial charge is 0.491 e. The van der Waals surface area contributed by atoms with Crippen molar-refractivity contribution < 1.29 is 24.1 Å². The smallest absolute Gasteiger partial charge is 0.457 e. The molecule has 2 rings (SSSR count). The third kappa shape index (κ3) is 3.28. The number of rotatable bonds is 3. The summed E-state index contributed by atoms with van der Waals surface area (Å²) in [5.41, 5.74) is -0.992. The van der Waals surface area contributed by atoms with Crippen LogP contribution in [-0.4, -0.2) is 27.3 Å².